The van der Waals surface area contributed by atoms with Crippen LogP contribution in [0, 0.1) is 0 Å². The smallest absolute Gasteiger partial charge is 0.316 e. The summed E-state index contributed by atoms with van der Waals surface area (Å²) in [5.74, 6) is 0. The highest BCUT2D eigenvalue weighted by Gasteiger charge is 2.33. The Labute approximate surface area is 194 Å². The molecule has 5 rings (SSSR count). The van der Waals surface area contributed by atoms with E-state index in [1.54, 1.807) is 24.3 Å². The lowest BCUT2D eigenvalue weighted by atomic mass is 9.94. The molecule has 5 nitrogen and oxygen atoms in total. The second-order valence-corrected chi connectivity index (χ2v) is 8.45. The number of alkyl halides is 3. The molecule has 9 heteroatoms. The van der Waals surface area contributed by atoms with Gasteiger partial charge in [-0.1, -0.05) is 48.5 Å². The van der Waals surface area contributed by atoms with E-state index in [9.17, 15) is 21.6 Å². The van der Waals surface area contributed by atoms with Crippen LogP contribution < -0.4 is 10.3 Å². The van der Waals surface area contributed by atoms with Crippen LogP contribution in [0.5, 0.6) is 0 Å². The van der Waals surface area contributed by atoms with Crippen molar-refractivity contribution in [1.82, 2.24) is 9.40 Å². The van der Waals surface area contributed by atoms with E-state index in [2.05, 4.69) is 10.3 Å². The lowest BCUT2D eigenvalue weighted by molar-refractivity contribution is -0.137. The topological polar surface area (TPSA) is 63.1 Å². The first kappa shape index (κ1) is 22.0. The van der Waals surface area contributed by atoms with E-state index in [4.69, 9.17) is 0 Å². The van der Waals surface area contributed by atoms with Crippen molar-refractivity contribution in [3.63, 3.8) is 0 Å². The Morgan fingerprint density at radius 2 is 1.35 bits per heavy atom. The van der Waals surface area contributed by atoms with Crippen molar-refractivity contribution in [3.05, 3.63) is 96.7 Å². The number of nitrogens with one attached hydrogen (secondary N) is 2. The fourth-order valence-corrected chi connectivity index (χ4v) is 4.35. The fourth-order valence-electron chi connectivity index (χ4n) is 4.13. The van der Waals surface area contributed by atoms with Crippen molar-refractivity contribution in [2.45, 2.75) is 6.18 Å². The van der Waals surface area contributed by atoms with Gasteiger partial charge in [-0.05, 0) is 57.9 Å². The molecule has 0 aliphatic rings. The Bertz CT molecular complexity index is 1530. The third kappa shape index (κ3) is 4.11. The number of nitrogens with zero attached hydrogens (tertiary/aromatic N) is 1. The summed E-state index contributed by atoms with van der Waals surface area (Å²) >= 11 is 0. The van der Waals surface area contributed by atoms with Crippen molar-refractivity contribution in [2.24, 2.45) is 0 Å². The molecule has 0 saturated carbocycles. The minimum absolute atomic E-state index is 0.404. The summed E-state index contributed by atoms with van der Waals surface area (Å²) in [7, 11) is -2.85. The van der Waals surface area contributed by atoms with Crippen molar-refractivity contribution >= 4 is 38.1 Å². The highest BCUT2D eigenvalue weighted by atomic mass is 32.2. The van der Waals surface area contributed by atoms with E-state index in [1.807, 2.05) is 54.6 Å². The first-order valence-electron chi connectivity index (χ1n) is 10.3. The van der Waals surface area contributed by atoms with Crippen molar-refractivity contribution in [3.8, 4) is 16.9 Å². The lowest BCUT2D eigenvalue weighted by Crippen LogP contribution is -2.18. The molecule has 1 aromatic heterocycles. The van der Waals surface area contributed by atoms with Crippen LogP contribution in [0.1, 0.15) is 5.56 Å². The standard InChI is InChI=1S/C25H18F3N3O2S/c26-25(27,28)18-14-23(31(15-18)20-11-9-19(10-12-20)29-30-34(32)33)24-21-7-3-1-5-16(21)13-17-6-2-4-8-22(17)24/h1-15,29,34H,(H,30,32,33). The summed E-state index contributed by atoms with van der Waals surface area (Å²) in [5, 5.41) is 3.54. The number of aromatic nitrogens is 1. The maximum atomic E-state index is 13.8. The summed E-state index contributed by atoms with van der Waals surface area (Å²) in [6.07, 6.45) is -3.44. The normalized spacial score (nSPS) is 12.0. The lowest BCUT2D eigenvalue weighted by Gasteiger charge is -2.15. The van der Waals surface area contributed by atoms with E-state index >= 15 is 0 Å². The fraction of sp³-hybridized carbons (Fsp3) is 0.0400. The van der Waals surface area contributed by atoms with Crippen LogP contribution in [0.3, 0.4) is 0 Å². The van der Waals surface area contributed by atoms with Gasteiger partial charge in [0, 0.05) is 23.1 Å². The Hall–Kier alpha value is -3.82. The summed E-state index contributed by atoms with van der Waals surface area (Å²) in [5.41, 5.74) is 3.81. The number of benzene rings is 4. The van der Waals surface area contributed by atoms with Gasteiger partial charge in [-0.25, -0.2) is 8.42 Å². The predicted octanol–water partition coefficient (Wildman–Crippen LogP) is 5.91. The van der Waals surface area contributed by atoms with E-state index < -0.39 is 22.6 Å². The zero-order chi connectivity index (χ0) is 23.9. The minimum atomic E-state index is -4.52. The van der Waals surface area contributed by atoms with Gasteiger partial charge < -0.3 is 9.99 Å². The van der Waals surface area contributed by atoms with Crippen LogP contribution in [0.2, 0.25) is 0 Å². The van der Waals surface area contributed by atoms with Crippen LogP contribution in [-0.2, 0) is 17.1 Å². The zero-order valence-corrected chi connectivity index (χ0v) is 18.4. The number of hydrogen-bond acceptors (Lipinski definition) is 3. The molecule has 4 aromatic carbocycles. The maximum Gasteiger partial charge on any atom is 0.417 e. The number of hydrogen-bond donors (Lipinski definition) is 3. The molecule has 1 heterocycles. The maximum absolute atomic E-state index is 13.8. The number of hydrazine groups is 1. The molecule has 172 valence electrons. The van der Waals surface area contributed by atoms with Crippen LogP contribution in [0.25, 0.3) is 38.5 Å². The molecule has 34 heavy (non-hydrogen) atoms. The average Bonchev–Trinajstić information content (AvgIpc) is 3.27. The van der Waals surface area contributed by atoms with Gasteiger partial charge in [0.05, 0.1) is 11.3 Å². The van der Waals surface area contributed by atoms with Gasteiger partial charge in [0.2, 0.25) is 10.9 Å². The van der Waals surface area contributed by atoms with Crippen LogP contribution in [0.15, 0.2) is 91.1 Å². The molecule has 0 atom stereocenters. The molecule has 0 aliphatic heterocycles. The molecule has 0 unspecified atom stereocenters. The van der Waals surface area contributed by atoms with E-state index in [-0.39, 0.29) is 0 Å². The number of halogens is 3. The zero-order valence-electron chi connectivity index (χ0n) is 17.5. The highest BCUT2D eigenvalue weighted by Crippen LogP contribution is 2.41. The Kier molecular flexibility index (Phi) is 5.51. The molecular weight excluding hydrogens is 463 g/mol. The molecule has 0 radical (unpaired) electrons. The molecule has 0 fully saturated rings. The van der Waals surface area contributed by atoms with Crippen molar-refractivity contribution < 1.29 is 21.6 Å². The largest absolute Gasteiger partial charge is 0.417 e. The molecular formula is C25H18F3N3O2S. The van der Waals surface area contributed by atoms with Gasteiger partial charge >= 0.3 is 6.18 Å². The SMILES string of the molecule is O=[SH](=O)NNc1ccc(-n2cc(C(F)(F)F)cc2-c2c3ccccc3cc3ccccc23)cc1. The summed E-state index contributed by atoms with van der Waals surface area (Å²) in [4.78, 5) is 2.07. The van der Waals surface area contributed by atoms with Crippen LogP contribution in [0.4, 0.5) is 18.9 Å². The molecule has 0 bridgehead atoms. The van der Waals surface area contributed by atoms with Gasteiger partial charge in [0.15, 0.2) is 0 Å². The number of fused-ring (bicyclic) bond motifs is 2. The van der Waals surface area contributed by atoms with Crippen LogP contribution >= 0.6 is 0 Å². The van der Waals surface area contributed by atoms with Crippen molar-refractivity contribution in [2.75, 3.05) is 5.43 Å². The first-order chi connectivity index (χ1) is 16.3. The minimum Gasteiger partial charge on any atom is -0.316 e. The molecule has 2 N–H and O–H groups in total. The summed E-state index contributed by atoms with van der Waals surface area (Å²) in [6.45, 7) is 0. The van der Waals surface area contributed by atoms with E-state index in [0.29, 0.717) is 22.6 Å². The molecule has 0 spiro atoms. The molecule has 5 aromatic rings. The third-order valence-electron chi connectivity index (χ3n) is 5.61. The Balaban J connectivity index is 1.76. The summed E-state index contributed by atoms with van der Waals surface area (Å²) in [6, 6.07) is 24.8. The van der Waals surface area contributed by atoms with Gasteiger partial charge in [0.25, 0.3) is 0 Å². The summed E-state index contributed by atoms with van der Waals surface area (Å²) < 4.78 is 64.3. The van der Waals surface area contributed by atoms with E-state index in [0.717, 1.165) is 27.7 Å². The van der Waals surface area contributed by atoms with Crippen LogP contribution in [-0.4, -0.2) is 13.0 Å². The second kappa shape index (κ2) is 8.51. The predicted molar refractivity (Wildman–Crippen MR) is 128 cm³/mol. The quantitative estimate of drug-likeness (QED) is 0.166. The molecule has 0 saturated heterocycles. The van der Waals surface area contributed by atoms with Crippen molar-refractivity contribution in [1.29, 1.82) is 0 Å². The number of anilines is 1. The first-order valence-corrected chi connectivity index (χ1v) is 11.5. The molecule has 0 aliphatic carbocycles. The Morgan fingerprint density at radius 3 is 1.91 bits per heavy atom. The number of thiol groups is 1. The number of rotatable bonds is 5. The van der Waals surface area contributed by atoms with E-state index in [1.165, 1.54) is 10.6 Å². The second-order valence-electron chi connectivity index (χ2n) is 7.72. The molecule has 0 amide bonds. The monoisotopic (exact) mass is 481 g/mol. The van der Waals surface area contributed by atoms with Gasteiger partial charge in [-0.3, -0.25) is 0 Å². The van der Waals surface area contributed by atoms with Gasteiger partial charge in [-0.2, -0.15) is 13.2 Å². The van der Waals surface area contributed by atoms with Gasteiger partial charge in [-0.15, -0.1) is 4.83 Å². The third-order valence-corrected chi connectivity index (χ3v) is 5.91. The highest BCUT2D eigenvalue weighted by molar-refractivity contribution is 7.70. The Morgan fingerprint density at radius 1 is 0.765 bits per heavy atom. The van der Waals surface area contributed by atoms with Gasteiger partial charge in [0.1, 0.15) is 0 Å². The average molecular weight is 481 g/mol.